The molecule has 1 N–H and O–H groups in total. The number of piperidine rings is 1. The fourth-order valence-electron chi connectivity index (χ4n) is 2.32. The summed E-state index contributed by atoms with van der Waals surface area (Å²) in [6.45, 7) is 8.81. The SMILES string of the molecule is C/C=C\C(=NCC)C(OCC)C1CCCCN1. The topological polar surface area (TPSA) is 33.6 Å². The van der Waals surface area contributed by atoms with Crippen molar-refractivity contribution in [2.24, 2.45) is 4.99 Å². The highest BCUT2D eigenvalue weighted by Crippen LogP contribution is 2.15. The van der Waals surface area contributed by atoms with Crippen LogP contribution in [0.1, 0.15) is 40.0 Å². The molecule has 1 rings (SSSR count). The van der Waals surface area contributed by atoms with E-state index < -0.39 is 0 Å². The van der Waals surface area contributed by atoms with Crippen molar-refractivity contribution in [1.82, 2.24) is 5.32 Å². The molecule has 1 heterocycles. The molecular weight excluding hydrogens is 212 g/mol. The molecule has 0 aromatic heterocycles. The number of nitrogens with zero attached hydrogens (tertiary/aromatic N) is 1. The Labute approximate surface area is 105 Å². The van der Waals surface area contributed by atoms with Gasteiger partial charge < -0.3 is 10.1 Å². The Morgan fingerprint density at radius 1 is 1.47 bits per heavy atom. The Morgan fingerprint density at radius 3 is 2.82 bits per heavy atom. The Hall–Kier alpha value is -0.670. The maximum absolute atomic E-state index is 5.90. The Morgan fingerprint density at radius 2 is 2.29 bits per heavy atom. The number of ether oxygens (including phenoxy) is 1. The Bertz CT molecular complexity index is 255. The van der Waals surface area contributed by atoms with Crippen molar-refractivity contribution in [2.75, 3.05) is 19.7 Å². The van der Waals surface area contributed by atoms with E-state index in [4.69, 9.17) is 4.74 Å². The van der Waals surface area contributed by atoms with Crippen molar-refractivity contribution in [1.29, 1.82) is 0 Å². The summed E-state index contributed by atoms with van der Waals surface area (Å²) in [6.07, 6.45) is 7.99. The molecule has 0 spiro atoms. The normalized spacial score (nSPS) is 24.2. The summed E-state index contributed by atoms with van der Waals surface area (Å²) in [5.41, 5.74) is 1.08. The third-order valence-corrected chi connectivity index (χ3v) is 3.03. The Kier molecular flexibility index (Phi) is 7.13. The molecule has 3 nitrogen and oxygen atoms in total. The summed E-state index contributed by atoms with van der Waals surface area (Å²) in [5.74, 6) is 0. The summed E-state index contributed by atoms with van der Waals surface area (Å²) in [5, 5.41) is 3.56. The molecule has 0 saturated carbocycles. The van der Waals surface area contributed by atoms with E-state index in [1.807, 2.05) is 13.0 Å². The average molecular weight is 238 g/mol. The lowest BCUT2D eigenvalue weighted by Crippen LogP contribution is -2.48. The molecule has 17 heavy (non-hydrogen) atoms. The van der Waals surface area contributed by atoms with Gasteiger partial charge in [-0.05, 0) is 46.2 Å². The molecule has 0 bridgehead atoms. The van der Waals surface area contributed by atoms with Gasteiger partial charge in [-0.1, -0.05) is 12.5 Å². The minimum absolute atomic E-state index is 0.108. The van der Waals surface area contributed by atoms with E-state index in [0.717, 1.165) is 25.4 Å². The lowest BCUT2D eigenvalue weighted by Gasteiger charge is -2.31. The first-order chi connectivity index (χ1) is 8.33. The summed E-state index contributed by atoms with van der Waals surface area (Å²) in [6, 6.07) is 0.421. The summed E-state index contributed by atoms with van der Waals surface area (Å²) in [4.78, 5) is 4.57. The molecule has 1 aliphatic heterocycles. The summed E-state index contributed by atoms with van der Waals surface area (Å²) >= 11 is 0. The van der Waals surface area contributed by atoms with Crippen LogP contribution in [0.2, 0.25) is 0 Å². The highest BCUT2D eigenvalue weighted by Gasteiger charge is 2.26. The smallest absolute Gasteiger partial charge is 0.114 e. The van der Waals surface area contributed by atoms with E-state index >= 15 is 0 Å². The zero-order valence-electron chi connectivity index (χ0n) is 11.4. The number of rotatable bonds is 6. The van der Waals surface area contributed by atoms with E-state index in [1.54, 1.807) is 0 Å². The highest BCUT2D eigenvalue weighted by atomic mass is 16.5. The second-order valence-corrected chi connectivity index (χ2v) is 4.33. The van der Waals surface area contributed by atoms with Gasteiger partial charge in [-0.2, -0.15) is 0 Å². The first-order valence-electron chi connectivity index (χ1n) is 6.85. The summed E-state index contributed by atoms with van der Waals surface area (Å²) in [7, 11) is 0. The largest absolute Gasteiger partial charge is 0.371 e. The molecule has 2 unspecified atom stereocenters. The third-order valence-electron chi connectivity index (χ3n) is 3.03. The average Bonchev–Trinajstić information content (AvgIpc) is 2.37. The van der Waals surface area contributed by atoms with Gasteiger partial charge in [-0.15, -0.1) is 0 Å². The fourth-order valence-corrected chi connectivity index (χ4v) is 2.32. The quantitative estimate of drug-likeness (QED) is 0.722. The van der Waals surface area contributed by atoms with Crippen LogP contribution in [0.3, 0.4) is 0 Å². The highest BCUT2D eigenvalue weighted by molar-refractivity contribution is 5.99. The number of allylic oxidation sites excluding steroid dienone is 1. The molecular formula is C14H26N2O. The summed E-state index contributed by atoms with van der Waals surface area (Å²) < 4.78 is 5.90. The number of hydrogen-bond donors (Lipinski definition) is 1. The van der Waals surface area contributed by atoms with E-state index in [2.05, 4.69) is 30.2 Å². The van der Waals surface area contributed by atoms with Crippen molar-refractivity contribution in [2.45, 2.75) is 52.2 Å². The Balaban J connectivity index is 2.76. The number of aliphatic imine (C=N–C) groups is 1. The van der Waals surface area contributed by atoms with E-state index in [1.165, 1.54) is 19.3 Å². The third kappa shape index (κ3) is 4.60. The monoisotopic (exact) mass is 238 g/mol. The number of nitrogens with one attached hydrogen (secondary N) is 1. The van der Waals surface area contributed by atoms with Crippen LogP contribution in [0.25, 0.3) is 0 Å². The van der Waals surface area contributed by atoms with Gasteiger partial charge in [0, 0.05) is 19.2 Å². The second kappa shape index (κ2) is 8.43. The second-order valence-electron chi connectivity index (χ2n) is 4.33. The molecule has 2 atom stereocenters. The molecule has 0 aliphatic carbocycles. The standard InChI is InChI=1S/C14H26N2O/c1-4-9-12(15-5-2)14(17-6-3)13-10-7-8-11-16-13/h4,9,13-14,16H,5-8,10-11H2,1-3H3/b9-4-,15-12?. The van der Waals surface area contributed by atoms with Crippen LogP contribution in [0, 0.1) is 0 Å². The molecule has 0 amide bonds. The number of hydrogen-bond acceptors (Lipinski definition) is 3. The van der Waals surface area contributed by atoms with Crippen LogP contribution < -0.4 is 5.32 Å². The van der Waals surface area contributed by atoms with E-state index in [0.29, 0.717) is 6.04 Å². The maximum atomic E-state index is 5.90. The molecule has 1 aliphatic rings. The van der Waals surface area contributed by atoms with Crippen LogP contribution in [0.5, 0.6) is 0 Å². The van der Waals surface area contributed by atoms with Gasteiger partial charge in [0.1, 0.15) is 6.10 Å². The van der Waals surface area contributed by atoms with E-state index in [9.17, 15) is 0 Å². The van der Waals surface area contributed by atoms with Crippen molar-refractivity contribution >= 4 is 5.71 Å². The van der Waals surface area contributed by atoms with Crippen LogP contribution in [0.4, 0.5) is 0 Å². The van der Waals surface area contributed by atoms with E-state index in [-0.39, 0.29) is 6.10 Å². The van der Waals surface area contributed by atoms with Crippen molar-refractivity contribution < 1.29 is 4.74 Å². The van der Waals surface area contributed by atoms with Gasteiger partial charge in [0.05, 0.1) is 5.71 Å². The molecule has 1 saturated heterocycles. The fraction of sp³-hybridized carbons (Fsp3) is 0.786. The van der Waals surface area contributed by atoms with Crippen molar-refractivity contribution in [3.8, 4) is 0 Å². The van der Waals surface area contributed by atoms with Crippen LogP contribution >= 0.6 is 0 Å². The molecule has 0 radical (unpaired) electrons. The van der Waals surface area contributed by atoms with Gasteiger partial charge in [0.15, 0.2) is 0 Å². The molecule has 1 fully saturated rings. The first-order valence-corrected chi connectivity index (χ1v) is 6.85. The predicted octanol–water partition coefficient (Wildman–Crippen LogP) is 2.57. The minimum atomic E-state index is 0.108. The van der Waals surface area contributed by atoms with Crippen molar-refractivity contribution in [3.05, 3.63) is 12.2 Å². The first kappa shape index (κ1) is 14.4. The zero-order valence-corrected chi connectivity index (χ0v) is 11.4. The lowest BCUT2D eigenvalue weighted by molar-refractivity contribution is 0.0730. The lowest BCUT2D eigenvalue weighted by atomic mass is 9.96. The van der Waals surface area contributed by atoms with Crippen molar-refractivity contribution in [3.63, 3.8) is 0 Å². The van der Waals surface area contributed by atoms with Gasteiger partial charge in [-0.3, -0.25) is 4.99 Å². The van der Waals surface area contributed by atoms with Crippen LogP contribution in [-0.2, 0) is 4.74 Å². The van der Waals surface area contributed by atoms with Crippen LogP contribution in [0.15, 0.2) is 17.1 Å². The minimum Gasteiger partial charge on any atom is -0.371 e. The predicted molar refractivity (Wildman–Crippen MR) is 73.8 cm³/mol. The molecule has 0 aromatic rings. The molecule has 3 heteroatoms. The van der Waals surface area contributed by atoms with Crippen LogP contribution in [-0.4, -0.2) is 37.6 Å². The molecule has 0 aromatic carbocycles. The van der Waals surface area contributed by atoms with Gasteiger partial charge in [0.2, 0.25) is 0 Å². The maximum Gasteiger partial charge on any atom is 0.114 e. The van der Waals surface area contributed by atoms with Gasteiger partial charge in [0.25, 0.3) is 0 Å². The van der Waals surface area contributed by atoms with Gasteiger partial charge >= 0.3 is 0 Å². The van der Waals surface area contributed by atoms with Gasteiger partial charge in [-0.25, -0.2) is 0 Å². The zero-order chi connectivity index (χ0) is 12.5. The molecule has 98 valence electrons.